The van der Waals surface area contributed by atoms with Crippen molar-refractivity contribution in [3.63, 3.8) is 0 Å². The Kier molecular flexibility index (Phi) is 4.42. The Bertz CT molecular complexity index is 575. The summed E-state index contributed by atoms with van der Waals surface area (Å²) in [5.74, 6) is 1.61. The molecule has 0 radical (unpaired) electrons. The van der Waals surface area contributed by atoms with Crippen LogP contribution in [0.4, 0.5) is 5.82 Å². The lowest BCUT2D eigenvalue weighted by molar-refractivity contribution is 0.496. The average molecular weight is 299 g/mol. The molecule has 5 nitrogen and oxygen atoms in total. The summed E-state index contributed by atoms with van der Waals surface area (Å²) in [6, 6.07) is -0.0866. The summed E-state index contributed by atoms with van der Waals surface area (Å²) in [6.45, 7) is 6.44. The standard InChI is InChI=1S/C14H25N3O2S/c1-4-5-12-13(8-10(2)3)16-17(14(12)15)11-6-7-20(18,19)9-11/h10-11H,4-9,15H2,1-3H3. The van der Waals surface area contributed by atoms with Gasteiger partial charge in [0.15, 0.2) is 9.84 Å². The molecule has 1 aliphatic rings. The van der Waals surface area contributed by atoms with Gasteiger partial charge in [-0.25, -0.2) is 13.1 Å². The van der Waals surface area contributed by atoms with E-state index in [9.17, 15) is 8.42 Å². The number of sulfone groups is 1. The maximum atomic E-state index is 11.6. The Labute approximate surface area is 121 Å². The first-order valence-corrected chi connectivity index (χ1v) is 9.22. The van der Waals surface area contributed by atoms with Crippen molar-refractivity contribution < 1.29 is 8.42 Å². The van der Waals surface area contributed by atoms with Gasteiger partial charge in [0.2, 0.25) is 0 Å². The number of nitrogens with zero attached hydrogens (tertiary/aromatic N) is 2. The van der Waals surface area contributed by atoms with Crippen molar-refractivity contribution in [2.24, 2.45) is 5.92 Å². The molecule has 1 unspecified atom stereocenters. The molecule has 1 aromatic rings. The number of anilines is 1. The van der Waals surface area contributed by atoms with Crippen LogP contribution in [0, 0.1) is 5.92 Å². The van der Waals surface area contributed by atoms with Gasteiger partial charge in [-0.3, -0.25) is 0 Å². The molecule has 1 aliphatic heterocycles. The average Bonchev–Trinajstić information content (AvgIpc) is 2.83. The minimum Gasteiger partial charge on any atom is -0.384 e. The van der Waals surface area contributed by atoms with Crippen LogP contribution in [0.15, 0.2) is 0 Å². The lowest BCUT2D eigenvalue weighted by Gasteiger charge is -2.10. The van der Waals surface area contributed by atoms with Crippen molar-refractivity contribution in [3.05, 3.63) is 11.3 Å². The molecule has 6 heteroatoms. The zero-order valence-corrected chi connectivity index (χ0v) is 13.4. The highest BCUT2D eigenvalue weighted by atomic mass is 32.2. The van der Waals surface area contributed by atoms with Crippen LogP contribution < -0.4 is 5.73 Å². The molecule has 114 valence electrons. The topological polar surface area (TPSA) is 78.0 Å². The van der Waals surface area contributed by atoms with Crippen molar-refractivity contribution >= 4 is 15.7 Å². The maximum absolute atomic E-state index is 11.6. The fourth-order valence-corrected chi connectivity index (χ4v) is 4.54. The van der Waals surface area contributed by atoms with E-state index in [1.807, 2.05) is 0 Å². The van der Waals surface area contributed by atoms with E-state index in [4.69, 9.17) is 5.73 Å². The first-order chi connectivity index (χ1) is 9.34. The zero-order valence-electron chi connectivity index (χ0n) is 12.6. The minimum atomic E-state index is -2.92. The largest absolute Gasteiger partial charge is 0.384 e. The quantitative estimate of drug-likeness (QED) is 0.901. The molecule has 0 aliphatic carbocycles. The van der Waals surface area contributed by atoms with Crippen molar-refractivity contribution in [1.29, 1.82) is 0 Å². The molecular formula is C14H25N3O2S. The van der Waals surface area contributed by atoms with E-state index >= 15 is 0 Å². The molecule has 0 spiro atoms. The molecule has 0 amide bonds. The summed E-state index contributed by atoms with van der Waals surface area (Å²) in [5.41, 5.74) is 8.40. The summed E-state index contributed by atoms with van der Waals surface area (Å²) in [5, 5.41) is 4.64. The van der Waals surface area contributed by atoms with Crippen LogP contribution >= 0.6 is 0 Å². The number of rotatable bonds is 5. The number of hydrogen-bond donors (Lipinski definition) is 1. The third-order valence-electron chi connectivity index (χ3n) is 3.79. The van der Waals surface area contributed by atoms with Crippen LogP contribution in [0.2, 0.25) is 0 Å². The Morgan fingerprint density at radius 3 is 2.65 bits per heavy atom. The van der Waals surface area contributed by atoms with Gasteiger partial charge in [-0.05, 0) is 25.2 Å². The van der Waals surface area contributed by atoms with Crippen molar-refractivity contribution in [1.82, 2.24) is 9.78 Å². The van der Waals surface area contributed by atoms with E-state index in [-0.39, 0.29) is 17.5 Å². The Balaban J connectivity index is 2.34. The molecule has 0 saturated carbocycles. The fraction of sp³-hybridized carbons (Fsp3) is 0.786. The summed E-state index contributed by atoms with van der Waals surface area (Å²) in [6.07, 6.45) is 3.45. The van der Waals surface area contributed by atoms with Crippen molar-refractivity contribution in [3.8, 4) is 0 Å². The van der Waals surface area contributed by atoms with Crippen molar-refractivity contribution in [2.75, 3.05) is 17.2 Å². The first kappa shape index (κ1) is 15.4. The van der Waals surface area contributed by atoms with Crippen LogP contribution in [0.1, 0.15) is 50.9 Å². The van der Waals surface area contributed by atoms with Gasteiger partial charge in [-0.1, -0.05) is 27.2 Å². The van der Waals surface area contributed by atoms with Gasteiger partial charge in [0.05, 0.1) is 23.2 Å². The summed E-state index contributed by atoms with van der Waals surface area (Å²) >= 11 is 0. The molecule has 20 heavy (non-hydrogen) atoms. The smallest absolute Gasteiger partial charge is 0.152 e. The molecule has 0 aromatic carbocycles. The van der Waals surface area contributed by atoms with Crippen LogP contribution in [-0.2, 0) is 22.7 Å². The molecule has 1 aromatic heterocycles. The third-order valence-corrected chi connectivity index (χ3v) is 5.54. The Morgan fingerprint density at radius 1 is 1.45 bits per heavy atom. The van der Waals surface area contributed by atoms with Gasteiger partial charge < -0.3 is 5.73 Å². The van der Waals surface area contributed by atoms with Gasteiger partial charge >= 0.3 is 0 Å². The predicted octanol–water partition coefficient (Wildman–Crippen LogP) is 1.98. The van der Waals surface area contributed by atoms with Crippen LogP contribution in [0.5, 0.6) is 0 Å². The lowest BCUT2D eigenvalue weighted by Crippen LogP contribution is -2.15. The molecule has 0 bridgehead atoms. The number of aromatic nitrogens is 2. The summed E-state index contributed by atoms with van der Waals surface area (Å²) in [4.78, 5) is 0. The van der Waals surface area contributed by atoms with E-state index in [1.165, 1.54) is 0 Å². The van der Waals surface area contributed by atoms with E-state index in [2.05, 4.69) is 25.9 Å². The molecular weight excluding hydrogens is 274 g/mol. The number of hydrogen-bond acceptors (Lipinski definition) is 4. The third kappa shape index (κ3) is 3.16. The Hall–Kier alpha value is -1.04. The van der Waals surface area contributed by atoms with Gasteiger partial charge in [-0.15, -0.1) is 0 Å². The van der Waals surface area contributed by atoms with E-state index in [0.717, 1.165) is 30.5 Å². The number of nitrogens with two attached hydrogens (primary N) is 1. The normalized spacial score (nSPS) is 21.7. The SMILES string of the molecule is CCCc1c(CC(C)C)nn(C2CCS(=O)(=O)C2)c1N. The highest BCUT2D eigenvalue weighted by Gasteiger charge is 2.32. The van der Waals surface area contributed by atoms with Crippen LogP contribution in [-0.4, -0.2) is 29.7 Å². The first-order valence-electron chi connectivity index (χ1n) is 7.40. The molecule has 2 N–H and O–H groups in total. The number of nitrogen functional groups attached to an aromatic ring is 1. The zero-order chi connectivity index (χ0) is 14.9. The van der Waals surface area contributed by atoms with Crippen molar-refractivity contribution in [2.45, 2.75) is 52.5 Å². The van der Waals surface area contributed by atoms with E-state index < -0.39 is 9.84 Å². The molecule has 1 fully saturated rings. The second-order valence-corrected chi connectivity index (χ2v) is 8.39. The van der Waals surface area contributed by atoms with Crippen LogP contribution in [0.3, 0.4) is 0 Å². The lowest BCUT2D eigenvalue weighted by atomic mass is 10.0. The fourth-order valence-electron chi connectivity index (χ4n) is 2.85. The van der Waals surface area contributed by atoms with E-state index in [1.54, 1.807) is 4.68 Å². The predicted molar refractivity (Wildman–Crippen MR) is 81.5 cm³/mol. The van der Waals surface area contributed by atoms with Gasteiger partial charge in [0.1, 0.15) is 5.82 Å². The second-order valence-electron chi connectivity index (χ2n) is 6.16. The highest BCUT2D eigenvalue weighted by molar-refractivity contribution is 7.91. The maximum Gasteiger partial charge on any atom is 0.152 e. The molecule has 1 saturated heterocycles. The highest BCUT2D eigenvalue weighted by Crippen LogP contribution is 2.30. The monoisotopic (exact) mass is 299 g/mol. The molecule has 2 heterocycles. The van der Waals surface area contributed by atoms with Gasteiger partial charge in [-0.2, -0.15) is 5.10 Å². The molecule has 2 rings (SSSR count). The summed E-state index contributed by atoms with van der Waals surface area (Å²) in [7, 11) is -2.92. The summed E-state index contributed by atoms with van der Waals surface area (Å²) < 4.78 is 25.0. The Morgan fingerprint density at radius 2 is 2.15 bits per heavy atom. The van der Waals surface area contributed by atoms with E-state index in [0.29, 0.717) is 18.2 Å². The molecule has 1 atom stereocenters. The van der Waals surface area contributed by atoms with Gasteiger partial charge in [0.25, 0.3) is 0 Å². The minimum absolute atomic E-state index is 0.0866. The van der Waals surface area contributed by atoms with Crippen LogP contribution in [0.25, 0.3) is 0 Å². The second kappa shape index (κ2) is 5.76. The van der Waals surface area contributed by atoms with Gasteiger partial charge in [0, 0.05) is 5.56 Å².